The number of halogens is 1. The molecule has 0 radical (unpaired) electrons. The van der Waals surface area contributed by atoms with Gasteiger partial charge in [-0.3, -0.25) is 14.2 Å². The highest BCUT2D eigenvalue weighted by Crippen LogP contribution is 2.18. The lowest BCUT2D eigenvalue weighted by atomic mass is 10.2. The van der Waals surface area contributed by atoms with Crippen LogP contribution in [-0.2, 0) is 16.1 Å². The van der Waals surface area contributed by atoms with E-state index in [0.29, 0.717) is 27.5 Å². The number of benzene rings is 2. The molecule has 0 aliphatic heterocycles. The summed E-state index contributed by atoms with van der Waals surface area (Å²) < 4.78 is 6.32. The summed E-state index contributed by atoms with van der Waals surface area (Å²) in [5, 5.41) is 5.76. The van der Waals surface area contributed by atoms with Gasteiger partial charge in [0.2, 0.25) is 11.8 Å². The second-order valence-electron chi connectivity index (χ2n) is 5.37. The van der Waals surface area contributed by atoms with Crippen LogP contribution < -0.4 is 16.4 Å². The van der Waals surface area contributed by atoms with Gasteiger partial charge < -0.3 is 15.1 Å². The van der Waals surface area contributed by atoms with Crippen LogP contribution in [0.1, 0.15) is 6.92 Å². The second-order valence-corrected chi connectivity index (χ2v) is 5.81. The summed E-state index contributed by atoms with van der Waals surface area (Å²) in [6.45, 7) is 1.22. The van der Waals surface area contributed by atoms with Gasteiger partial charge in [0.1, 0.15) is 6.54 Å². The van der Waals surface area contributed by atoms with Crippen LogP contribution in [0.3, 0.4) is 0 Å². The molecule has 25 heavy (non-hydrogen) atoms. The zero-order valence-corrected chi connectivity index (χ0v) is 14.0. The molecule has 3 rings (SSSR count). The van der Waals surface area contributed by atoms with Crippen LogP contribution in [-0.4, -0.2) is 16.4 Å². The van der Waals surface area contributed by atoms with Gasteiger partial charge in [0.15, 0.2) is 5.58 Å². The summed E-state index contributed by atoms with van der Waals surface area (Å²) >= 11 is 5.86. The van der Waals surface area contributed by atoms with Gasteiger partial charge in [-0.1, -0.05) is 11.6 Å². The number of carbonyl (C=O) groups is 2. The first-order chi connectivity index (χ1) is 11.9. The summed E-state index contributed by atoms with van der Waals surface area (Å²) in [6, 6.07) is 11.4. The minimum atomic E-state index is -0.631. The van der Waals surface area contributed by atoms with E-state index in [1.807, 2.05) is 0 Å². The number of nitrogens with one attached hydrogen (secondary N) is 2. The van der Waals surface area contributed by atoms with E-state index in [9.17, 15) is 14.4 Å². The first-order valence-electron chi connectivity index (χ1n) is 7.39. The first-order valence-corrected chi connectivity index (χ1v) is 7.76. The molecule has 0 aliphatic carbocycles. The lowest BCUT2D eigenvalue weighted by molar-refractivity contribution is -0.117. The van der Waals surface area contributed by atoms with Crippen LogP contribution in [0.15, 0.2) is 51.7 Å². The highest BCUT2D eigenvalue weighted by atomic mass is 35.5. The standard InChI is InChI=1S/C17H14ClN3O4/c1-10(22)19-12-3-5-13(6-4-12)20-16(23)9-21-14-7-2-11(18)8-15(14)25-17(21)24/h2-8H,9H2,1H3,(H,19,22)(H,20,23). The second kappa shape index (κ2) is 6.82. The first kappa shape index (κ1) is 16.8. The maximum absolute atomic E-state index is 12.2. The molecule has 0 bridgehead atoms. The van der Waals surface area contributed by atoms with Gasteiger partial charge in [0.25, 0.3) is 0 Å². The molecule has 0 saturated heterocycles. The van der Waals surface area contributed by atoms with Gasteiger partial charge in [0, 0.05) is 29.4 Å². The lowest BCUT2D eigenvalue weighted by Crippen LogP contribution is -2.24. The van der Waals surface area contributed by atoms with E-state index in [1.165, 1.54) is 17.6 Å². The lowest BCUT2D eigenvalue weighted by Gasteiger charge is -2.07. The number of hydrogen-bond donors (Lipinski definition) is 2. The molecule has 0 aliphatic rings. The number of amides is 2. The summed E-state index contributed by atoms with van der Waals surface area (Å²) in [5.41, 5.74) is 1.98. The summed E-state index contributed by atoms with van der Waals surface area (Å²) in [4.78, 5) is 35.1. The molecule has 2 amide bonds. The molecule has 1 heterocycles. The number of rotatable bonds is 4. The quantitative estimate of drug-likeness (QED) is 0.749. The van der Waals surface area contributed by atoms with Crippen molar-refractivity contribution < 1.29 is 14.0 Å². The third kappa shape index (κ3) is 3.89. The normalized spacial score (nSPS) is 10.6. The van der Waals surface area contributed by atoms with E-state index in [0.717, 1.165) is 0 Å². The van der Waals surface area contributed by atoms with Crippen LogP contribution in [0.5, 0.6) is 0 Å². The fraction of sp³-hybridized carbons (Fsp3) is 0.118. The van der Waals surface area contributed by atoms with Gasteiger partial charge >= 0.3 is 5.76 Å². The van der Waals surface area contributed by atoms with E-state index in [2.05, 4.69) is 10.6 Å². The number of aromatic nitrogens is 1. The van der Waals surface area contributed by atoms with Crippen LogP contribution in [0.2, 0.25) is 5.02 Å². The highest BCUT2D eigenvalue weighted by molar-refractivity contribution is 6.31. The van der Waals surface area contributed by atoms with E-state index in [4.69, 9.17) is 16.0 Å². The number of oxazole rings is 1. The van der Waals surface area contributed by atoms with Gasteiger partial charge in [-0.2, -0.15) is 0 Å². The van der Waals surface area contributed by atoms with E-state index in [1.54, 1.807) is 36.4 Å². The third-order valence-corrected chi connectivity index (χ3v) is 3.66. The summed E-state index contributed by atoms with van der Waals surface area (Å²) in [7, 11) is 0. The molecule has 0 fully saturated rings. The monoisotopic (exact) mass is 359 g/mol. The summed E-state index contributed by atoms with van der Waals surface area (Å²) in [6.07, 6.45) is 0. The van der Waals surface area contributed by atoms with Crippen molar-refractivity contribution in [1.29, 1.82) is 0 Å². The van der Waals surface area contributed by atoms with Crippen LogP contribution in [0.25, 0.3) is 11.1 Å². The minimum absolute atomic E-state index is 0.178. The molecular formula is C17H14ClN3O4. The van der Waals surface area contributed by atoms with E-state index in [-0.39, 0.29) is 18.4 Å². The molecule has 0 saturated carbocycles. The van der Waals surface area contributed by atoms with Crippen molar-refractivity contribution in [2.75, 3.05) is 10.6 Å². The SMILES string of the molecule is CC(=O)Nc1ccc(NC(=O)Cn2c(=O)oc3cc(Cl)ccc32)cc1. The Bertz CT molecular complexity index is 1000. The largest absolute Gasteiger partial charge is 0.420 e. The van der Waals surface area contributed by atoms with E-state index < -0.39 is 5.76 Å². The summed E-state index contributed by atoms with van der Waals surface area (Å²) in [5.74, 6) is -1.19. The Balaban J connectivity index is 1.74. The molecule has 2 N–H and O–H groups in total. The Morgan fingerprint density at radius 1 is 1.08 bits per heavy atom. The number of anilines is 2. The molecule has 3 aromatic rings. The van der Waals surface area contributed by atoms with Gasteiger partial charge in [-0.15, -0.1) is 0 Å². The van der Waals surface area contributed by atoms with Crippen LogP contribution in [0.4, 0.5) is 11.4 Å². The van der Waals surface area contributed by atoms with Gasteiger partial charge in [-0.25, -0.2) is 4.79 Å². The van der Waals surface area contributed by atoms with Crippen molar-refractivity contribution in [1.82, 2.24) is 4.57 Å². The molecule has 7 nitrogen and oxygen atoms in total. The minimum Gasteiger partial charge on any atom is -0.408 e. The predicted octanol–water partition coefficient (Wildman–Crippen LogP) is 2.85. The van der Waals surface area contributed by atoms with Crippen LogP contribution in [0, 0.1) is 0 Å². The Morgan fingerprint density at radius 2 is 1.72 bits per heavy atom. The Morgan fingerprint density at radius 3 is 2.36 bits per heavy atom. The zero-order chi connectivity index (χ0) is 18.0. The number of fused-ring (bicyclic) bond motifs is 1. The topological polar surface area (TPSA) is 93.3 Å². The zero-order valence-electron chi connectivity index (χ0n) is 13.2. The fourth-order valence-corrected chi connectivity index (χ4v) is 2.54. The van der Waals surface area contributed by atoms with E-state index >= 15 is 0 Å². The number of nitrogens with zero attached hydrogens (tertiary/aromatic N) is 1. The maximum atomic E-state index is 12.2. The Kier molecular flexibility index (Phi) is 4.58. The Labute approximate surface area is 147 Å². The molecule has 2 aromatic carbocycles. The maximum Gasteiger partial charge on any atom is 0.420 e. The molecule has 128 valence electrons. The van der Waals surface area contributed by atoms with Crippen molar-refractivity contribution >= 4 is 45.9 Å². The number of carbonyl (C=O) groups excluding carboxylic acids is 2. The smallest absolute Gasteiger partial charge is 0.408 e. The predicted molar refractivity (Wildman–Crippen MR) is 94.9 cm³/mol. The average molecular weight is 360 g/mol. The molecule has 0 unspecified atom stereocenters. The van der Waals surface area contributed by atoms with Crippen LogP contribution >= 0.6 is 11.6 Å². The molecular weight excluding hydrogens is 346 g/mol. The number of hydrogen-bond acceptors (Lipinski definition) is 4. The third-order valence-electron chi connectivity index (χ3n) is 3.42. The van der Waals surface area contributed by atoms with Crippen molar-refractivity contribution in [2.45, 2.75) is 13.5 Å². The van der Waals surface area contributed by atoms with Crippen molar-refractivity contribution in [3.8, 4) is 0 Å². The van der Waals surface area contributed by atoms with Gasteiger partial charge in [-0.05, 0) is 36.4 Å². The molecule has 0 atom stereocenters. The average Bonchev–Trinajstić information content (AvgIpc) is 2.83. The molecule has 0 spiro atoms. The van der Waals surface area contributed by atoms with Gasteiger partial charge in [0.05, 0.1) is 5.52 Å². The Hall–Kier alpha value is -3.06. The fourth-order valence-electron chi connectivity index (χ4n) is 2.37. The highest BCUT2D eigenvalue weighted by Gasteiger charge is 2.13. The van der Waals surface area contributed by atoms with Crippen molar-refractivity contribution in [3.05, 3.63) is 58.0 Å². The molecule has 8 heteroatoms. The molecule has 1 aromatic heterocycles. The van der Waals surface area contributed by atoms with Crippen molar-refractivity contribution in [3.63, 3.8) is 0 Å². The van der Waals surface area contributed by atoms with Crippen molar-refractivity contribution in [2.24, 2.45) is 0 Å².